The first-order valence-corrected chi connectivity index (χ1v) is 9.49. The van der Waals surface area contributed by atoms with Crippen molar-refractivity contribution in [1.29, 1.82) is 0 Å². The quantitative estimate of drug-likeness (QED) is 0.795. The van der Waals surface area contributed by atoms with Gasteiger partial charge in [-0.25, -0.2) is 0 Å². The van der Waals surface area contributed by atoms with Crippen LogP contribution < -0.4 is 10.1 Å². The molecule has 1 aliphatic heterocycles. The van der Waals surface area contributed by atoms with Gasteiger partial charge in [-0.2, -0.15) is 0 Å². The smallest absolute Gasteiger partial charge is 0.307 e. The van der Waals surface area contributed by atoms with Crippen LogP contribution in [-0.4, -0.2) is 41.5 Å². The first-order chi connectivity index (χ1) is 13.4. The summed E-state index contributed by atoms with van der Waals surface area (Å²) in [5.74, 6) is 0.108. The molecule has 2 aromatic rings. The van der Waals surface area contributed by atoms with Gasteiger partial charge in [-0.15, -0.1) is 0 Å². The van der Waals surface area contributed by atoms with E-state index in [1.165, 1.54) is 0 Å². The minimum Gasteiger partial charge on any atom is -0.481 e. The molecule has 2 unspecified atom stereocenters. The number of amides is 1. The van der Waals surface area contributed by atoms with Gasteiger partial charge in [-0.05, 0) is 43.5 Å². The Bertz CT molecular complexity index is 835. The first kappa shape index (κ1) is 19.9. The second-order valence-electron chi connectivity index (χ2n) is 7.53. The molecule has 0 radical (unpaired) electrons. The maximum absolute atomic E-state index is 12.6. The average Bonchev–Trinajstić information content (AvgIpc) is 2.64. The van der Waals surface area contributed by atoms with E-state index in [4.69, 9.17) is 4.74 Å². The molecule has 0 spiro atoms. The van der Waals surface area contributed by atoms with Crippen molar-refractivity contribution in [1.82, 2.24) is 4.90 Å². The molecule has 2 N–H and O–H groups in total. The number of rotatable bonds is 6. The third-order valence-corrected chi connectivity index (χ3v) is 4.86. The number of piperidine rings is 1. The zero-order valence-electron chi connectivity index (χ0n) is 16.2. The van der Waals surface area contributed by atoms with Gasteiger partial charge < -0.3 is 15.2 Å². The molecular formula is C22H26N2O4. The standard InChI is InChI=1S/C22H26N2O4/c1-15-7-9-18(10-8-15)28-20-6-4-3-5-19(20)23-21(25)14-24-12-16(2)11-17(13-24)22(26)27/h3-10,16-17H,11-14H2,1-2H3,(H,23,25)(H,26,27). The Balaban J connectivity index is 1.64. The van der Waals surface area contributed by atoms with E-state index in [-0.39, 0.29) is 18.4 Å². The molecule has 2 atom stereocenters. The summed E-state index contributed by atoms with van der Waals surface area (Å²) in [5, 5.41) is 12.2. The summed E-state index contributed by atoms with van der Waals surface area (Å²) in [6, 6.07) is 15.0. The first-order valence-electron chi connectivity index (χ1n) is 9.49. The van der Waals surface area contributed by atoms with Crippen LogP contribution in [0.5, 0.6) is 11.5 Å². The number of benzene rings is 2. The van der Waals surface area contributed by atoms with Gasteiger partial charge in [-0.3, -0.25) is 14.5 Å². The molecule has 1 heterocycles. The van der Waals surface area contributed by atoms with Crippen LogP contribution in [-0.2, 0) is 9.59 Å². The van der Waals surface area contributed by atoms with Crippen molar-refractivity contribution in [2.45, 2.75) is 20.3 Å². The van der Waals surface area contributed by atoms with E-state index >= 15 is 0 Å². The zero-order valence-corrected chi connectivity index (χ0v) is 16.2. The Morgan fingerprint density at radius 2 is 1.86 bits per heavy atom. The van der Waals surface area contributed by atoms with Crippen molar-refractivity contribution in [3.63, 3.8) is 0 Å². The van der Waals surface area contributed by atoms with E-state index in [2.05, 4.69) is 5.32 Å². The number of nitrogens with one attached hydrogen (secondary N) is 1. The molecule has 0 aromatic heterocycles. The third kappa shape index (κ3) is 5.33. The van der Waals surface area contributed by atoms with Crippen molar-refractivity contribution in [3.8, 4) is 11.5 Å². The maximum Gasteiger partial charge on any atom is 0.307 e. The Labute approximate surface area is 165 Å². The summed E-state index contributed by atoms with van der Waals surface area (Å²) in [4.78, 5) is 25.8. The predicted molar refractivity (Wildman–Crippen MR) is 108 cm³/mol. The average molecular weight is 382 g/mol. The highest BCUT2D eigenvalue weighted by Gasteiger charge is 2.30. The summed E-state index contributed by atoms with van der Waals surface area (Å²) >= 11 is 0. The topological polar surface area (TPSA) is 78.9 Å². The van der Waals surface area contributed by atoms with Gasteiger partial charge in [0.2, 0.25) is 5.91 Å². The minimum atomic E-state index is -0.797. The molecule has 1 amide bonds. The summed E-state index contributed by atoms with van der Waals surface area (Å²) in [6.07, 6.45) is 0.653. The molecule has 0 saturated carbocycles. The third-order valence-electron chi connectivity index (χ3n) is 4.86. The number of carbonyl (C=O) groups is 2. The van der Waals surface area contributed by atoms with Gasteiger partial charge in [0.15, 0.2) is 5.75 Å². The number of carbonyl (C=O) groups excluding carboxylic acids is 1. The Kier molecular flexibility index (Phi) is 6.31. The molecule has 148 valence electrons. The molecule has 28 heavy (non-hydrogen) atoms. The highest BCUT2D eigenvalue weighted by atomic mass is 16.5. The number of para-hydroxylation sites is 2. The number of aliphatic carboxylic acids is 1. The molecule has 1 fully saturated rings. The van der Waals surface area contributed by atoms with Crippen LogP contribution in [0.2, 0.25) is 0 Å². The van der Waals surface area contributed by atoms with E-state index in [1.807, 2.05) is 55.1 Å². The SMILES string of the molecule is Cc1ccc(Oc2ccccc2NC(=O)CN2CC(C)CC(C(=O)O)C2)cc1. The molecule has 2 aromatic carbocycles. The normalized spacial score (nSPS) is 19.8. The lowest BCUT2D eigenvalue weighted by atomic mass is 9.90. The Hall–Kier alpha value is -2.86. The maximum atomic E-state index is 12.6. The fourth-order valence-electron chi connectivity index (χ4n) is 3.55. The summed E-state index contributed by atoms with van der Waals surface area (Å²) < 4.78 is 5.91. The fourth-order valence-corrected chi connectivity index (χ4v) is 3.55. The Morgan fingerprint density at radius 3 is 2.57 bits per heavy atom. The van der Waals surface area contributed by atoms with E-state index in [9.17, 15) is 14.7 Å². The summed E-state index contributed by atoms with van der Waals surface area (Å²) in [6.45, 7) is 5.30. The van der Waals surface area contributed by atoms with Gasteiger partial charge in [-0.1, -0.05) is 36.8 Å². The number of nitrogens with zero attached hydrogens (tertiary/aromatic N) is 1. The van der Waals surface area contributed by atoms with E-state index in [1.54, 1.807) is 12.1 Å². The molecule has 3 rings (SSSR count). The van der Waals surface area contributed by atoms with Crippen LogP contribution >= 0.6 is 0 Å². The lowest BCUT2D eigenvalue weighted by molar-refractivity contribution is -0.144. The Morgan fingerprint density at radius 1 is 1.14 bits per heavy atom. The fraction of sp³-hybridized carbons (Fsp3) is 0.364. The van der Waals surface area contributed by atoms with Crippen LogP contribution in [0.25, 0.3) is 0 Å². The second kappa shape index (κ2) is 8.89. The van der Waals surface area contributed by atoms with Crippen molar-refractivity contribution < 1.29 is 19.4 Å². The largest absolute Gasteiger partial charge is 0.481 e. The molecule has 0 aliphatic carbocycles. The van der Waals surface area contributed by atoms with Crippen molar-refractivity contribution in [2.75, 3.05) is 25.0 Å². The number of hydrogen-bond acceptors (Lipinski definition) is 4. The number of likely N-dealkylation sites (tertiary alicyclic amines) is 1. The van der Waals surface area contributed by atoms with Crippen LogP contribution in [0.3, 0.4) is 0 Å². The van der Waals surface area contributed by atoms with Crippen molar-refractivity contribution >= 4 is 17.6 Å². The summed E-state index contributed by atoms with van der Waals surface area (Å²) in [7, 11) is 0. The zero-order chi connectivity index (χ0) is 20.1. The molecule has 6 nitrogen and oxygen atoms in total. The predicted octanol–water partition coefficient (Wildman–Crippen LogP) is 3.77. The molecule has 6 heteroatoms. The van der Waals surface area contributed by atoms with Gasteiger partial charge in [0.25, 0.3) is 0 Å². The van der Waals surface area contributed by atoms with E-state index in [0.717, 1.165) is 12.1 Å². The summed E-state index contributed by atoms with van der Waals surface area (Å²) in [5.41, 5.74) is 1.73. The number of carboxylic acid groups (broad SMARTS) is 1. The van der Waals surface area contributed by atoms with Gasteiger partial charge in [0, 0.05) is 13.1 Å². The van der Waals surface area contributed by atoms with E-state index in [0.29, 0.717) is 30.2 Å². The molecular weight excluding hydrogens is 356 g/mol. The number of anilines is 1. The number of carboxylic acids is 1. The number of ether oxygens (including phenoxy) is 1. The monoisotopic (exact) mass is 382 g/mol. The second-order valence-corrected chi connectivity index (χ2v) is 7.53. The molecule has 1 saturated heterocycles. The molecule has 0 bridgehead atoms. The number of aryl methyl sites for hydroxylation is 1. The molecule has 1 aliphatic rings. The lowest BCUT2D eigenvalue weighted by Crippen LogP contribution is -2.45. The van der Waals surface area contributed by atoms with Crippen molar-refractivity contribution in [3.05, 3.63) is 54.1 Å². The highest BCUT2D eigenvalue weighted by molar-refractivity contribution is 5.93. The van der Waals surface area contributed by atoms with Crippen LogP contribution in [0.1, 0.15) is 18.9 Å². The van der Waals surface area contributed by atoms with Crippen LogP contribution in [0.15, 0.2) is 48.5 Å². The minimum absolute atomic E-state index is 0.160. The van der Waals surface area contributed by atoms with Gasteiger partial charge in [0.1, 0.15) is 5.75 Å². The van der Waals surface area contributed by atoms with Gasteiger partial charge >= 0.3 is 5.97 Å². The van der Waals surface area contributed by atoms with Crippen LogP contribution in [0, 0.1) is 18.8 Å². The highest BCUT2D eigenvalue weighted by Crippen LogP contribution is 2.29. The van der Waals surface area contributed by atoms with E-state index < -0.39 is 11.9 Å². The number of hydrogen-bond donors (Lipinski definition) is 2. The van der Waals surface area contributed by atoms with Crippen LogP contribution in [0.4, 0.5) is 5.69 Å². The van der Waals surface area contributed by atoms with Crippen molar-refractivity contribution in [2.24, 2.45) is 11.8 Å². The van der Waals surface area contributed by atoms with Gasteiger partial charge in [0.05, 0.1) is 18.2 Å². The lowest BCUT2D eigenvalue weighted by Gasteiger charge is -2.34.